The van der Waals surface area contributed by atoms with E-state index >= 15 is 0 Å². The zero-order chi connectivity index (χ0) is 22.2. The van der Waals surface area contributed by atoms with E-state index in [1.54, 1.807) is 0 Å². The molecule has 0 aliphatic carbocycles. The lowest BCUT2D eigenvalue weighted by molar-refractivity contribution is 0.102. The summed E-state index contributed by atoms with van der Waals surface area (Å²) in [6.45, 7) is 3.30. The molecule has 1 aliphatic rings. The number of anilines is 1. The van der Waals surface area contributed by atoms with Crippen molar-refractivity contribution >= 4 is 56.4 Å². The molecule has 2 aromatic carbocycles. The molecule has 0 spiro atoms. The Bertz CT molecular complexity index is 1080. The molecule has 1 heterocycles. The maximum atomic E-state index is 13.7. The number of rotatable bonds is 4. The minimum Gasteiger partial charge on any atom is -0.322 e. The van der Waals surface area contributed by atoms with Crippen LogP contribution < -0.4 is 5.32 Å². The van der Waals surface area contributed by atoms with Gasteiger partial charge in [0.1, 0.15) is 10.7 Å². The number of nitrogens with one attached hydrogen (secondary N) is 1. The zero-order valence-electron chi connectivity index (χ0n) is 16.2. The van der Waals surface area contributed by atoms with Crippen LogP contribution >= 0.6 is 34.8 Å². The van der Waals surface area contributed by atoms with Crippen molar-refractivity contribution in [3.63, 3.8) is 0 Å². The van der Waals surface area contributed by atoms with Gasteiger partial charge in [-0.2, -0.15) is 4.31 Å². The predicted octanol–water partition coefficient (Wildman–Crippen LogP) is 4.28. The van der Waals surface area contributed by atoms with Crippen LogP contribution in [-0.4, -0.2) is 56.8 Å². The normalized spacial score (nSPS) is 15.9. The standard InChI is InChI=1S/C19H19Cl3FN3O3S/c1-11-7-12(8-16(22)18(11)23)24-19(27)13-9-17(15(21)10-14(13)20)30(28,29)26-5-3-25(2)4-6-26/h7-10H,3-6H2,1-2H3,(H,24,27). The van der Waals surface area contributed by atoms with Crippen molar-refractivity contribution in [3.05, 3.63) is 56.3 Å². The minimum absolute atomic E-state index is 0.0141. The highest BCUT2D eigenvalue weighted by Gasteiger charge is 2.31. The van der Waals surface area contributed by atoms with Gasteiger partial charge in [-0.05, 0) is 43.8 Å². The van der Waals surface area contributed by atoms with Crippen molar-refractivity contribution in [1.82, 2.24) is 9.21 Å². The number of nitrogens with zero attached hydrogens (tertiary/aromatic N) is 2. The topological polar surface area (TPSA) is 69.7 Å². The molecule has 11 heteroatoms. The van der Waals surface area contributed by atoms with Crippen molar-refractivity contribution < 1.29 is 17.6 Å². The summed E-state index contributed by atoms with van der Waals surface area (Å²) in [5.41, 5.74) is 0.420. The van der Waals surface area contributed by atoms with Gasteiger partial charge in [-0.15, -0.1) is 0 Å². The van der Waals surface area contributed by atoms with Crippen LogP contribution in [0.1, 0.15) is 15.9 Å². The summed E-state index contributed by atoms with van der Waals surface area (Å²) in [6, 6.07) is 5.05. The van der Waals surface area contributed by atoms with Gasteiger partial charge in [0, 0.05) is 31.9 Å². The highest BCUT2D eigenvalue weighted by Crippen LogP contribution is 2.32. The van der Waals surface area contributed by atoms with Gasteiger partial charge in [0.15, 0.2) is 0 Å². The third-order valence-corrected chi connectivity index (χ3v) is 7.77. The Hall–Kier alpha value is -1.42. The predicted molar refractivity (Wildman–Crippen MR) is 117 cm³/mol. The van der Waals surface area contributed by atoms with Crippen molar-refractivity contribution in [3.8, 4) is 0 Å². The number of hydrogen-bond acceptors (Lipinski definition) is 4. The molecule has 0 unspecified atom stereocenters. The molecule has 30 heavy (non-hydrogen) atoms. The number of sulfonamides is 1. The van der Waals surface area contributed by atoms with E-state index in [1.807, 2.05) is 11.9 Å². The van der Waals surface area contributed by atoms with E-state index in [0.717, 1.165) is 6.07 Å². The summed E-state index contributed by atoms with van der Waals surface area (Å²) in [7, 11) is -2.01. The molecule has 2 aromatic rings. The van der Waals surface area contributed by atoms with Crippen molar-refractivity contribution in [2.45, 2.75) is 11.8 Å². The van der Waals surface area contributed by atoms with E-state index in [1.165, 1.54) is 29.4 Å². The average molecular weight is 495 g/mol. The van der Waals surface area contributed by atoms with E-state index in [9.17, 15) is 17.6 Å². The SMILES string of the molecule is Cc1cc(NC(=O)c2cc(S(=O)(=O)N3CCN(C)CC3)c(Cl)cc2Cl)cc(Cl)c1F. The fourth-order valence-corrected chi connectivity index (χ4v) is 5.59. The maximum Gasteiger partial charge on any atom is 0.257 e. The minimum atomic E-state index is -3.92. The molecule has 1 amide bonds. The third-order valence-electron chi connectivity index (χ3n) is 4.81. The van der Waals surface area contributed by atoms with E-state index in [-0.39, 0.29) is 36.8 Å². The van der Waals surface area contributed by atoms with Crippen LogP contribution in [0.5, 0.6) is 0 Å². The molecular formula is C19H19Cl3FN3O3S. The van der Waals surface area contributed by atoms with Gasteiger partial charge in [-0.3, -0.25) is 4.79 Å². The summed E-state index contributed by atoms with van der Waals surface area (Å²) in [4.78, 5) is 14.6. The Morgan fingerprint density at radius 1 is 1.00 bits per heavy atom. The largest absolute Gasteiger partial charge is 0.322 e. The maximum absolute atomic E-state index is 13.7. The fraction of sp³-hybridized carbons (Fsp3) is 0.316. The first-order valence-corrected chi connectivity index (χ1v) is 11.5. The lowest BCUT2D eigenvalue weighted by atomic mass is 10.1. The van der Waals surface area contributed by atoms with Crippen LogP contribution in [0, 0.1) is 12.7 Å². The van der Waals surface area contributed by atoms with Crippen LogP contribution in [-0.2, 0) is 10.0 Å². The Balaban J connectivity index is 1.94. The first-order valence-electron chi connectivity index (χ1n) is 8.95. The molecule has 1 N–H and O–H groups in total. The molecule has 0 saturated carbocycles. The molecule has 1 aliphatic heterocycles. The number of carbonyl (C=O) groups is 1. The second kappa shape index (κ2) is 8.98. The van der Waals surface area contributed by atoms with Gasteiger partial charge < -0.3 is 10.2 Å². The van der Waals surface area contributed by atoms with Crippen LogP contribution in [0.2, 0.25) is 15.1 Å². The molecule has 1 fully saturated rings. The second-order valence-corrected chi connectivity index (χ2v) is 10.1. The van der Waals surface area contributed by atoms with Crippen molar-refractivity contribution in [2.75, 3.05) is 38.5 Å². The Labute approximate surface area is 189 Å². The van der Waals surface area contributed by atoms with Gasteiger partial charge in [0.2, 0.25) is 10.0 Å². The third kappa shape index (κ3) is 4.74. The highest BCUT2D eigenvalue weighted by atomic mass is 35.5. The van der Waals surface area contributed by atoms with Crippen LogP contribution in [0.4, 0.5) is 10.1 Å². The molecule has 0 radical (unpaired) electrons. The molecule has 6 nitrogen and oxygen atoms in total. The first-order chi connectivity index (χ1) is 14.0. The number of aryl methyl sites for hydroxylation is 1. The van der Waals surface area contributed by atoms with Crippen molar-refractivity contribution in [2.24, 2.45) is 0 Å². The number of halogens is 4. The smallest absolute Gasteiger partial charge is 0.257 e. The molecule has 0 aromatic heterocycles. The lowest BCUT2D eigenvalue weighted by Gasteiger charge is -2.31. The average Bonchev–Trinajstić information content (AvgIpc) is 2.66. The van der Waals surface area contributed by atoms with E-state index < -0.39 is 21.7 Å². The summed E-state index contributed by atoms with van der Waals surface area (Å²) < 4.78 is 41.2. The van der Waals surface area contributed by atoms with Crippen LogP contribution in [0.3, 0.4) is 0 Å². The Morgan fingerprint density at radius 2 is 1.63 bits per heavy atom. The van der Waals surface area contributed by atoms with Gasteiger partial charge >= 0.3 is 0 Å². The molecular weight excluding hydrogens is 476 g/mol. The number of hydrogen-bond donors (Lipinski definition) is 1. The van der Waals surface area contributed by atoms with Gasteiger partial charge in [0.05, 0.1) is 20.6 Å². The molecule has 1 saturated heterocycles. The Morgan fingerprint density at radius 3 is 2.23 bits per heavy atom. The highest BCUT2D eigenvalue weighted by molar-refractivity contribution is 7.89. The summed E-state index contributed by atoms with van der Waals surface area (Å²) in [6.07, 6.45) is 0. The van der Waals surface area contributed by atoms with Crippen LogP contribution in [0.25, 0.3) is 0 Å². The lowest BCUT2D eigenvalue weighted by Crippen LogP contribution is -2.47. The molecule has 3 rings (SSSR count). The quantitative estimate of drug-likeness (QED) is 0.689. The van der Waals surface area contributed by atoms with Gasteiger partial charge in [0.25, 0.3) is 5.91 Å². The number of benzene rings is 2. The number of carbonyl (C=O) groups excluding carboxylic acids is 1. The Kier molecular flexibility index (Phi) is 6.96. The number of piperazine rings is 1. The summed E-state index contributed by atoms with van der Waals surface area (Å²) in [5, 5.41) is 2.32. The number of amides is 1. The van der Waals surface area contributed by atoms with Gasteiger partial charge in [-0.25, -0.2) is 12.8 Å². The fourth-order valence-electron chi connectivity index (χ4n) is 3.07. The second-order valence-electron chi connectivity index (χ2n) is 7.01. The van der Waals surface area contributed by atoms with E-state index in [2.05, 4.69) is 5.32 Å². The zero-order valence-corrected chi connectivity index (χ0v) is 19.3. The van der Waals surface area contributed by atoms with E-state index in [4.69, 9.17) is 34.8 Å². The molecule has 162 valence electrons. The van der Waals surface area contributed by atoms with Gasteiger partial charge in [-0.1, -0.05) is 34.8 Å². The van der Waals surface area contributed by atoms with Crippen LogP contribution in [0.15, 0.2) is 29.2 Å². The van der Waals surface area contributed by atoms with Crippen molar-refractivity contribution in [1.29, 1.82) is 0 Å². The number of likely N-dealkylation sites (N-methyl/N-ethyl adjacent to an activating group) is 1. The molecule has 0 bridgehead atoms. The summed E-state index contributed by atoms with van der Waals surface area (Å²) >= 11 is 18.1. The van der Waals surface area contributed by atoms with E-state index in [0.29, 0.717) is 26.2 Å². The monoisotopic (exact) mass is 493 g/mol. The summed E-state index contributed by atoms with van der Waals surface area (Å²) in [5.74, 6) is -1.26. The molecule has 0 atom stereocenters. The first kappa shape index (κ1) is 23.2.